The molecule has 0 spiro atoms. The second-order valence-electron chi connectivity index (χ2n) is 9.91. The smallest absolute Gasteiger partial charge is 0.415 e. The third-order valence-electron chi connectivity index (χ3n) is 6.78. The van der Waals surface area contributed by atoms with Crippen molar-refractivity contribution in [2.75, 3.05) is 31.0 Å². The second-order valence-corrected chi connectivity index (χ2v) is 14.3. The highest BCUT2D eigenvalue weighted by Crippen LogP contribution is 2.48. The molecule has 8 nitrogen and oxygen atoms in total. The molecular formula is C26H28F4N2O6S2. The number of esters is 1. The molecule has 40 heavy (non-hydrogen) atoms. The summed E-state index contributed by atoms with van der Waals surface area (Å²) >= 11 is 0. The average molecular weight is 605 g/mol. The summed E-state index contributed by atoms with van der Waals surface area (Å²) in [7, 11) is -7.00. The van der Waals surface area contributed by atoms with Crippen LogP contribution in [0.2, 0.25) is 0 Å². The molecule has 14 heteroatoms. The Morgan fingerprint density at radius 1 is 1.15 bits per heavy atom. The molecule has 3 aliphatic rings. The summed E-state index contributed by atoms with van der Waals surface area (Å²) in [4.78, 5) is 14.6. The van der Waals surface area contributed by atoms with Crippen molar-refractivity contribution in [1.82, 2.24) is 10.2 Å². The van der Waals surface area contributed by atoms with Crippen molar-refractivity contribution in [1.29, 1.82) is 0 Å². The average Bonchev–Trinajstić information content (AvgIpc) is 2.81. The molecule has 4 rings (SSSR count). The zero-order valence-corrected chi connectivity index (χ0v) is 23.3. The molecule has 1 atom stereocenters. The predicted molar refractivity (Wildman–Crippen MR) is 139 cm³/mol. The van der Waals surface area contributed by atoms with Crippen LogP contribution in [0.1, 0.15) is 25.3 Å². The first kappa shape index (κ1) is 30.0. The van der Waals surface area contributed by atoms with Crippen molar-refractivity contribution >= 4 is 25.6 Å². The van der Waals surface area contributed by atoms with Gasteiger partial charge in [-0.15, -0.1) is 0 Å². The van der Waals surface area contributed by atoms with Crippen LogP contribution in [-0.2, 0) is 35.8 Å². The standard InChI is InChI=1S/C26H28F4N2O6S2/c1-16-21(25(33)38-12-11-32(2)13-17-7-4-3-5-8-17)22(18-9-6-10-19(23(18)27)26(28,29)30)24-20(31-16)14-39(34,35)15-40(24,36)37/h3-5,7-9,22,31H,6,10-15H2,1-2H3. The number of ether oxygens (including phenoxy) is 1. The Morgan fingerprint density at radius 2 is 1.82 bits per heavy atom. The zero-order valence-electron chi connectivity index (χ0n) is 21.7. The lowest BCUT2D eigenvalue weighted by Gasteiger charge is -2.36. The number of halogens is 4. The summed E-state index contributed by atoms with van der Waals surface area (Å²) in [5.74, 6) is -5.29. The first-order chi connectivity index (χ1) is 18.6. The van der Waals surface area contributed by atoms with Gasteiger partial charge in [-0.1, -0.05) is 36.4 Å². The molecule has 0 aromatic heterocycles. The molecule has 1 aromatic rings. The fourth-order valence-corrected chi connectivity index (χ4v) is 9.68. The number of dihydropyridines is 1. The molecule has 0 fully saturated rings. The van der Waals surface area contributed by atoms with Gasteiger partial charge < -0.3 is 10.1 Å². The first-order valence-corrected chi connectivity index (χ1v) is 15.8. The normalized spacial score (nSPS) is 22.6. The van der Waals surface area contributed by atoms with Crippen LogP contribution in [0.3, 0.4) is 0 Å². The minimum Gasteiger partial charge on any atom is -0.461 e. The molecule has 218 valence electrons. The number of benzene rings is 1. The molecule has 2 aliphatic heterocycles. The summed E-state index contributed by atoms with van der Waals surface area (Å²) in [5.41, 5.74) is -1.86. The summed E-state index contributed by atoms with van der Waals surface area (Å²) in [5, 5.41) is 1.31. The maximum absolute atomic E-state index is 15.4. The predicted octanol–water partition coefficient (Wildman–Crippen LogP) is 3.67. The van der Waals surface area contributed by atoms with E-state index in [1.54, 1.807) is 7.05 Å². The van der Waals surface area contributed by atoms with Gasteiger partial charge in [-0.3, -0.25) is 4.90 Å². The van der Waals surface area contributed by atoms with Gasteiger partial charge in [0.05, 0.1) is 27.7 Å². The van der Waals surface area contributed by atoms with Crippen LogP contribution in [-0.4, -0.2) is 64.9 Å². The third kappa shape index (κ3) is 6.33. The highest BCUT2D eigenvalue weighted by molar-refractivity contribution is 8.10. The van der Waals surface area contributed by atoms with Crippen molar-refractivity contribution in [3.05, 3.63) is 80.8 Å². The highest BCUT2D eigenvalue weighted by Gasteiger charge is 2.49. The molecule has 1 N–H and O–H groups in total. The number of sulfone groups is 2. The first-order valence-electron chi connectivity index (χ1n) is 12.3. The maximum Gasteiger partial charge on any atom is 0.415 e. The van der Waals surface area contributed by atoms with E-state index in [0.717, 1.165) is 11.6 Å². The SMILES string of the molecule is CC1=C(C(=O)OCCN(C)Cc2ccccc2)C(C2=CCCC(C(F)(F)F)=C2F)C2=C(CS(=O)(=O)CS2(=O)=O)N1. The minimum absolute atomic E-state index is 0.0356. The lowest BCUT2D eigenvalue weighted by atomic mass is 9.81. The number of hydrogen-bond acceptors (Lipinski definition) is 8. The van der Waals surface area contributed by atoms with Gasteiger partial charge in [-0.05, 0) is 37.9 Å². The Hall–Kier alpha value is -2.97. The number of likely N-dealkylation sites (N-methyl/N-ethyl adjacent to an activating group) is 1. The fraction of sp³-hybridized carbons (Fsp3) is 0.423. The number of rotatable bonds is 7. The van der Waals surface area contributed by atoms with Gasteiger partial charge in [0.15, 0.2) is 24.8 Å². The molecule has 1 unspecified atom stereocenters. The zero-order chi connectivity index (χ0) is 29.5. The van der Waals surface area contributed by atoms with Gasteiger partial charge in [-0.2, -0.15) is 13.2 Å². The van der Waals surface area contributed by atoms with Crippen molar-refractivity contribution < 1.29 is 43.9 Å². The Balaban J connectivity index is 1.68. The molecule has 1 aliphatic carbocycles. The second kappa shape index (κ2) is 11.1. The van der Waals surface area contributed by atoms with Crippen molar-refractivity contribution in [3.8, 4) is 0 Å². The van der Waals surface area contributed by atoms with Crippen molar-refractivity contribution in [2.24, 2.45) is 5.92 Å². The van der Waals surface area contributed by atoms with Crippen LogP contribution in [0.15, 0.2) is 75.3 Å². The summed E-state index contributed by atoms with van der Waals surface area (Å²) in [6.45, 7) is 1.99. The van der Waals surface area contributed by atoms with Crippen LogP contribution in [0, 0.1) is 5.92 Å². The van der Waals surface area contributed by atoms with E-state index in [1.165, 1.54) is 6.92 Å². The van der Waals surface area contributed by atoms with Gasteiger partial charge in [0.25, 0.3) is 0 Å². The number of allylic oxidation sites excluding steroid dienone is 6. The van der Waals surface area contributed by atoms with Gasteiger partial charge in [0.1, 0.15) is 12.4 Å². The molecule has 0 saturated heterocycles. The number of carbonyl (C=O) groups excluding carboxylic acids is 1. The largest absolute Gasteiger partial charge is 0.461 e. The van der Waals surface area contributed by atoms with E-state index in [-0.39, 0.29) is 31.0 Å². The third-order valence-corrected chi connectivity index (χ3v) is 11.3. The molecule has 0 bridgehead atoms. The number of nitrogens with zero attached hydrogens (tertiary/aromatic N) is 1. The van der Waals surface area contributed by atoms with Crippen LogP contribution < -0.4 is 5.32 Å². The molecule has 0 saturated carbocycles. The van der Waals surface area contributed by atoms with E-state index in [0.29, 0.717) is 6.54 Å². The van der Waals surface area contributed by atoms with E-state index in [2.05, 4.69) is 5.32 Å². The number of alkyl halides is 3. The van der Waals surface area contributed by atoms with Gasteiger partial charge in [0, 0.05) is 24.5 Å². The van der Waals surface area contributed by atoms with Gasteiger partial charge in [0.2, 0.25) is 0 Å². The van der Waals surface area contributed by atoms with E-state index in [4.69, 9.17) is 4.74 Å². The molecule has 0 amide bonds. The van der Waals surface area contributed by atoms with E-state index in [1.807, 2.05) is 35.2 Å². The lowest BCUT2D eigenvalue weighted by molar-refractivity contribution is -0.139. The monoisotopic (exact) mass is 604 g/mol. The Kier molecular flexibility index (Phi) is 8.35. The molecular weight excluding hydrogens is 576 g/mol. The Bertz CT molecular complexity index is 1540. The highest BCUT2D eigenvalue weighted by atomic mass is 32.3. The van der Waals surface area contributed by atoms with Crippen LogP contribution in [0.5, 0.6) is 0 Å². The lowest BCUT2D eigenvalue weighted by Crippen LogP contribution is -2.42. The Labute approximate surface area is 229 Å². The fourth-order valence-electron chi connectivity index (χ4n) is 5.08. The number of hydrogen-bond donors (Lipinski definition) is 1. The van der Waals surface area contributed by atoms with Crippen LogP contribution in [0.4, 0.5) is 17.6 Å². The summed E-state index contributed by atoms with van der Waals surface area (Å²) < 4.78 is 113. The van der Waals surface area contributed by atoms with Gasteiger partial charge >= 0.3 is 12.1 Å². The number of nitrogens with one attached hydrogen (secondary N) is 1. The van der Waals surface area contributed by atoms with Gasteiger partial charge in [-0.25, -0.2) is 26.0 Å². The summed E-state index contributed by atoms with van der Waals surface area (Å²) in [6, 6.07) is 9.45. The van der Waals surface area contributed by atoms with Crippen molar-refractivity contribution in [2.45, 2.75) is 32.5 Å². The number of carbonyl (C=O) groups is 1. The van der Waals surface area contributed by atoms with Crippen molar-refractivity contribution in [3.63, 3.8) is 0 Å². The summed E-state index contributed by atoms with van der Waals surface area (Å²) in [6.07, 6.45) is -4.82. The molecule has 1 aromatic carbocycles. The minimum atomic E-state index is -5.02. The van der Waals surface area contributed by atoms with Crippen LogP contribution >= 0.6 is 0 Å². The van der Waals surface area contributed by atoms with E-state index in [9.17, 15) is 34.8 Å². The topological polar surface area (TPSA) is 110 Å². The maximum atomic E-state index is 15.4. The van der Waals surface area contributed by atoms with E-state index >= 15 is 4.39 Å². The Morgan fingerprint density at radius 3 is 2.48 bits per heavy atom. The quantitative estimate of drug-likeness (QED) is 0.371. The van der Waals surface area contributed by atoms with E-state index < -0.39 is 82.4 Å². The molecule has 2 heterocycles. The molecule has 0 radical (unpaired) electrons. The van der Waals surface area contributed by atoms with Crippen LogP contribution in [0.25, 0.3) is 0 Å².